The van der Waals surface area contributed by atoms with Gasteiger partial charge in [0.15, 0.2) is 6.29 Å². The van der Waals surface area contributed by atoms with E-state index in [2.05, 4.69) is 16.8 Å². The lowest BCUT2D eigenvalue weighted by molar-refractivity contribution is 0.0879. The molecule has 0 spiro atoms. The Morgan fingerprint density at radius 3 is 2.43 bits per heavy atom. The maximum atomic E-state index is 11.6. The summed E-state index contributed by atoms with van der Waals surface area (Å²) in [7, 11) is 7.29. The lowest BCUT2D eigenvalue weighted by atomic mass is 9.93. The second kappa shape index (κ2) is 9.76. The summed E-state index contributed by atoms with van der Waals surface area (Å²) in [5.41, 5.74) is 4.24. The predicted molar refractivity (Wildman–Crippen MR) is 119 cm³/mol. The highest BCUT2D eigenvalue weighted by Crippen LogP contribution is 2.38. The van der Waals surface area contributed by atoms with E-state index >= 15 is 0 Å². The number of rotatable bonds is 9. The molecule has 3 rings (SSSR count). The molecule has 0 saturated carbocycles. The van der Waals surface area contributed by atoms with Crippen LogP contribution in [0, 0.1) is 5.92 Å². The number of hydrogen-bond acceptors (Lipinski definition) is 6. The van der Waals surface area contributed by atoms with E-state index < -0.39 is 0 Å². The highest BCUT2D eigenvalue weighted by molar-refractivity contribution is 5.90. The molecule has 1 aliphatic heterocycles. The molecular formula is C24H31N3O3. The molecule has 6 heteroatoms. The average molecular weight is 410 g/mol. The van der Waals surface area contributed by atoms with Gasteiger partial charge in [-0.15, -0.1) is 0 Å². The molecule has 0 aliphatic carbocycles. The zero-order valence-electron chi connectivity index (χ0n) is 18.5. The lowest BCUT2D eigenvalue weighted by Gasteiger charge is -2.39. The van der Waals surface area contributed by atoms with Crippen molar-refractivity contribution in [2.45, 2.75) is 19.9 Å². The smallest absolute Gasteiger partial charge is 0.152 e. The third-order valence-electron chi connectivity index (χ3n) is 5.57. The molecule has 1 saturated heterocycles. The topological polar surface area (TPSA) is 54.9 Å². The summed E-state index contributed by atoms with van der Waals surface area (Å²) < 4.78 is 11.5. The van der Waals surface area contributed by atoms with Crippen molar-refractivity contribution in [3.8, 4) is 11.5 Å². The van der Waals surface area contributed by atoms with Crippen LogP contribution in [0.25, 0.3) is 5.57 Å². The Labute approximate surface area is 179 Å². The minimum absolute atomic E-state index is 0.541. The molecule has 0 unspecified atom stereocenters. The molecule has 2 heterocycles. The molecule has 6 nitrogen and oxygen atoms in total. The number of likely N-dealkylation sites (tertiary alicyclic amines) is 1. The minimum atomic E-state index is 0.541. The monoisotopic (exact) mass is 409 g/mol. The standard InChI is InChI=1S/C24H31N3O3/c1-6-17-12-27(13-17)15-22-23(29-4)9-18(10-24(22)30-5)21(14-26(2)3)20-7-8-25-11-19(20)16-28/h7-11,14,16-17H,6,12-13,15H2,1-5H3/b21-14-. The quantitative estimate of drug-likeness (QED) is 0.589. The molecule has 1 aliphatic rings. The van der Waals surface area contributed by atoms with Crippen molar-refractivity contribution in [2.24, 2.45) is 5.92 Å². The minimum Gasteiger partial charge on any atom is -0.496 e. The molecule has 0 bridgehead atoms. The Bertz CT molecular complexity index is 893. The number of carbonyl (C=O) groups excluding carboxylic acids is 1. The van der Waals surface area contributed by atoms with E-state index in [-0.39, 0.29) is 0 Å². The van der Waals surface area contributed by atoms with Gasteiger partial charge in [0.25, 0.3) is 0 Å². The fraction of sp³-hybridized carbons (Fsp3) is 0.417. The van der Waals surface area contributed by atoms with Crippen molar-refractivity contribution in [3.05, 3.63) is 59.0 Å². The van der Waals surface area contributed by atoms with E-state index in [1.54, 1.807) is 26.6 Å². The van der Waals surface area contributed by atoms with Crippen LogP contribution in [0.3, 0.4) is 0 Å². The van der Waals surface area contributed by atoms with Gasteiger partial charge in [0.2, 0.25) is 0 Å². The molecule has 2 aromatic rings. The summed E-state index contributed by atoms with van der Waals surface area (Å²) in [6.07, 6.45) is 7.33. The normalized spacial score (nSPS) is 14.9. The van der Waals surface area contributed by atoms with Crippen molar-refractivity contribution < 1.29 is 14.3 Å². The number of pyridine rings is 1. The van der Waals surface area contributed by atoms with Crippen LogP contribution in [-0.4, -0.2) is 62.5 Å². The number of carbonyl (C=O) groups is 1. The van der Waals surface area contributed by atoms with Crippen molar-refractivity contribution in [1.29, 1.82) is 0 Å². The molecule has 0 N–H and O–H groups in total. The maximum Gasteiger partial charge on any atom is 0.152 e. The number of benzene rings is 1. The molecule has 160 valence electrons. The van der Waals surface area contributed by atoms with Gasteiger partial charge < -0.3 is 14.4 Å². The fourth-order valence-corrected chi connectivity index (χ4v) is 3.89. The summed E-state index contributed by atoms with van der Waals surface area (Å²) in [6, 6.07) is 5.91. The Morgan fingerprint density at radius 1 is 1.23 bits per heavy atom. The highest BCUT2D eigenvalue weighted by Gasteiger charge is 2.27. The molecule has 0 radical (unpaired) electrons. The lowest BCUT2D eigenvalue weighted by Crippen LogP contribution is -2.45. The zero-order valence-corrected chi connectivity index (χ0v) is 18.5. The number of methoxy groups -OCH3 is 2. The summed E-state index contributed by atoms with van der Waals surface area (Å²) in [6.45, 7) is 5.25. The molecular weight excluding hydrogens is 378 g/mol. The van der Waals surface area contributed by atoms with Crippen LogP contribution in [0.15, 0.2) is 36.8 Å². The van der Waals surface area contributed by atoms with E-state index in [4.69, 9.17) is 9.47 Å². The zero-order chi connectivity index (χ0) is 21.7. The third kappa shape index (κ3) is 4.65. The Kier molecular flexibility index (Phi) is 7.11. The first-order valence-corrected chi connectivity index (χ1v) is 10.3. The second-order valence-electron chi connectivity index (χ2n) is 7.91. The van der Waals surface area contributed by atoms with E-state index in [9.17, 15) is 4.79 Å². The van der Waals surface area contributed by atoms with Crippen LogP contribution in [0.2, 0.25) is 0 Å². The van der Waals surface area contributed by atoms with E-state index in [1.807, 2.05) is 43.4 Å². The molecule has 1 fully saturated rings. The van der Waals surface area contributed by atoms with Gasteiger partial charge in [-0.2, -0.15) is 0 Å². The van der Waals surface area contributed by atoms with E-state index in [1.165, 1.54) is 6.42 Å². The van der Waals surface area contributed by atoms with Gasteiger partial charge in [0.05, 0.1) is 19.8 Å². The van der Waals surface area contributed by atoms with Crippen molar-refractivity contribution >= 4 is 11.9 Å². The van der Waals surface area contributed by atoms with Gasteiger partial charge in [-0.25, -0.2) is 0 Å². The number of hydrogen-bond donors (Lipinski definition) is 0. The Morgan fingerprint density at radius 2 is 1.90 bits per heavy atom. The summed E-state index contributed by atoms with van der Waals surface area (Å²) in [5.74, 6) is 2.36. The van der Waals surface area contributed by atoms with Crippen LogP contribution in [0.5, 0.6) is 11.5 Å². The van der Waals surface area contributed by atoms with Gasteiger partial charge in [0, 0.05) is 63.5 Å². The largest absolute Gasteiger partial charge is 0.496 e. The number of nitrogens with zero attached hydrogens (tertiary/aromatic N) is 3. The summed E-state index contributed by atoms with van der Waals surface area (Å²) >= 11 is 0. The van der Waals surface area contributed by atoms with Gasteiger partial charge in [0.1, 0.15) is 11.5 Å². The van der Waals surface area contributed by atoms with Gasteiger partial charge >= 0.3 is 0 Å². The summed E-state index contributed by atoms with van der Waals surface area (Å²) in [5, 5.41) is 0. The highest BCUT2D eigenvalue weighted by atomic mass is 16.5. The Hall–Kier alpha value is -2.86. The van der Waals surface area contributed by atoms with Crippen LogP contribution in [0.1, 0.15) is 40.4 Å². The second-order valence-corrected chi connectivity index (χ2v) is 7.91. The fourth-order valence-electron chi connectivity index (χ4n) is 3.89. The summed E-state index contributed by atoms with van der Waals surface area (Å²) in [4.78, 5) is 20.1. The number of ether oxygens (including phenoxy) is 2. The molecule has 30 heavy (non-hydrogen) atoms. The van der Waals surface area contributed by atoms with Crippen LogP contribution in [0.4, 0.5) is 0 Å². The van der Waals surface area contributed by atoms with Gasteiger partial charge in [-0.3, -0.25) is 14.7 Å². The molecule has 0 atom stereocenters. The van der Waals surface area contributed by atoms with Crippen molar-refractivity contribution in [3.63, 3.8) is 0 Å². The molecule has 1 aromatic carbocycles. The van der Waals surface area contributed by atoms with Crippen LogP contribution in [-0.2, 0) is 6.54 Å². The van der Waals surface area contributed by atoms with Crippen LogP contribution >= 0.6 is 0 Å². The third-order valence-corrected chi connectivity index (χ3v) is 5.57. The maximum absolute atomic E-state index is 11.6. The first-order chi connectivity index (χ1) is 14.5. The van der Waals surface area contributed by atoms with Gasteiger partial charge in [-0.1, -0.05) is 13.3 Å². The molecule has 0 amide bonds. The average Bonchev–Trinajstić information content (AvgIpc) is 2.73. The predicted octanol–water partition coefficient (Wildman–Crippen LogP) is 3.70. The van der Waals surface area contributed by atoms with Crippen molar-refractivity contribution in [1.82, 2.24) is 14.8 Å². The first kappa shape index (κ1) is 21.8. The SMILES string of the molecule is CCC1CN(Cc2c(OC)cc(/C(=C/N(C)C)c3ccncc3C=O)cc2OC)C1. The van der Waals surface area contributed by atoms with Crippen molar-refractivity contribution in [2.75, 3.05) is 41.4 Å². The number of aromatic nitrogens is 1. The first-order valence-electron chi connectivity index (χ1n) is 10.3. The van der Waals surface area contributed by atoms with Gasteiger partial charge in [-0.05, 0) is 35.2 Å². The Balaban J connectivity index is 2.06. The number of aldehydes is 1. The van der Waals surface area contributed by atoms with E-state index in [0.29, 0.717) is 5.56 Å². The van der Waals surface area contributed by atoms with Crippen LogP contribution < -0.4 is 9.47 Å². The molecule has 1 aromatic heterocycles. The van der Waals surface area contributed by atoms with E-state index in [0.717, 1.165) is 65.6 Å².